The van der Waals surface area contributed by atoms with E-state index in [0.29, 0.717) is 0 Å². The van der Waals surface area contributed by atoms with Crippen molar-refractivity contribution in [2.24, 2.45) is 0 Å². The second kappa shape index (κ2) is 15.9. The van der Waals surface area contributed by atoms with Crippen molar-refractivity contribution < 1.29 is 24.2 Å². The second-order valence-electron chi connectivity index (χ2n) is 7.17. The third-order valence-corrected chi connectivity index (χ3v) is 6.98. The number of allylic oxidation sites excluding steroid dienone is 4. The summed E-state index contributed by atoms with van der Waals surface area (Å²) in [6.45, 7) is 7.09. The minimum Gasteiger partial charge on any atom is -0.168 e. The first-order valence-corrected chi connectivity index (χ1v) is 13.9. The van der Waals surface area contributed by atoms with Crippen LogP contribution in [0.15, 0.2) is 90.1 Å². The molecule has 0 saturated carbocycles. The van der Waals surface area contributed by atoms with Gasteiger partial charge in [0.15, 0.2) is 0 Å². The first-order valence-electron chi connectivity index (χ1n) is 8.94. The van der Waals surface area contributed by atoms with E-state index < -0.39 is 8.07 Å². The summed E-state index contributed by atoms with van der Waals surface area (Å²) in [6, 6.07) is 25.0. The summed E-state index contributed by atoms with van der Waals surface area (Å²) >= 11 is 1.46. The fraction of sp³-hybridized carbons (Fsp3) is 0.160. The van der Waals surface area contributed by atoms with Gasteiger partial charge in [-0.25, -0.2) is 11.3 Å². The van der Waals surface area contributed by atoms with Crippen LogP contribution >= 0.6 is 24.8 Å². The Morgan fingerprint density at radius 3 is 2.00 bits per heavy atom. The Morgan fingerprint density at radius 2 is 1.55 bits per heavy atom. The maximum absolute atomic E-state index is 3.20. The molecule has 0 nitrogen and oxygen atoms in total. The van der Waals surface area contributed by atoms with E-state index in [2.05, 4.69) is 108 Å². The molecule has 0 saturated heterocycles. The molecule has 0 aromatic heterocycles. The van der Waals surface area contributed by atoms with Gasteiger partial charge in [-0.1, -0.05) is 25.7 Å². The molecule has 3 aromatic rings. The quantitative estimate of drug-likeness (QED) is 0.238. The Morgan fingerprint density at radius 1 is 0.931 bits per heavy atom. The van der Waals surface area contributed by atoms with Crippen molar-refractivity contribution in [1.82, 2.24) is 0 Å². The molecule has 29 heavy (non-hydrogen) atoms. The molecule has 0 spiro atoms. The fourth-order valence-corrected chi connectivity index (χ4v) is 4.26. The first-order chi connectivity index (χ1) is 12.5. The van der Waals surface area contributed by atoms with E-state index in [-0.39, 0.29) is 32.2 Å². The fourth-order valence-electron chi connectivity index (χ4n) is 2.54. The normalized spacial score (nSPS) is 11.2. The van der Waals surface area contributed by atoms with Gasteiger partial charge in [0.1, 0.15) is 0 Å². The molecule has 1 aliphatic rings. The van der Waals surface area contributed by atoms with E-state index >= 15 is 0 Å². The Labute approximate surface area is 205 Å². The van der Waals surface area contributed by atoms with Crippen LogP contribution in [0.25, 0.3) is 10.8 Å². The topological polar surface area (TPSA) is 0 Å². The Hall–Kier alpha value is -0.920. The van der Waals surface area contributed by atoms with E-state index in [1.807, 2.05) is 6.07 Å². The molecular weight excluding hydrogens is 490 g/mol. The average molecular weight is 522 g/mol. The van der Waals surface area contributed by atoms with Crippen LogP contribution in [0.1, 0.15) is 12.0 Å². The minimum atomic E-state index is -0.981. The predicted molar refractivity (Wildman–Crippen MR) is 136 cm³/mol. The number of hydrogen-bond acceptors (Lipinski definition) is 0. The molecule has 0 N–H and O–H groups in total. The summed E-state index contributed by atoms with van der Waals surface area (Å²) in [5.41, 5.74) is 1.32. The molecule has 0 fully saturated rings. The van der Waals surface area contributed by atoms with Gasteiger partial charge in [0.25, 0.3) is 0 Å². The van der Waals surface area contributed by atoms with Gasteiger partial charge in [-0.2, -0.15) is 23.6 Å². The van der Waals surface area contributed by atoms with E-state index in [9.17, 15) is 0 Å². The van der Waals surface area contributed by atoms with Crippen LogP contribution in [0, 0.1) is 13.5 Å². The molecule has 156 valence electrons. The molecule has 4 heteroatoms. The Bertz CT molecular complexity index is 844. The molecule has 4 rings (SSSR count). The molecule has 0 bridgehead atoms. The van der Waals surface area contributed by atoms with Crippen molar-refractivity contribution in [3.8, 4) is 0 Å². The Balaban J connectivity index is 0. The molecule has 0 radical (unpaired) electrons. The molecular formula is C25H31Cl2SiZr-3. The number of benzene rings is 2. The number of rotatable bonds is 2. The smallest absolute Gasteiger partial charge is 0.0809 e. The summed E-state index contributed by atoms with van der Waals surface area (Å²) in [6.07, 6.45) is 8.69. The largest absolute Gasteiger partial charge is 0.168 e. The molecule has 0 atom stereocenters. The predicted octanol–water partition coefficient (Wildman–Crippen LogP) is 7.79. The van der Waals surface area contributed by atoms with Crippen molar-refractivity contribution in [2.75, 3.05) is 0 Å². The zero-order chi connectivity index (χ0) is 18.8. The van der Waals surface area contributed by atoms with Crippen molar-refractivity contribution in [3.63, 3.8) is 0 Å². The molecule has 0 unspecified atom stereocenters. The molecule has 1 aliphatic carbocycles. The van der Waals surface area contributed by atoms with Gasteiger partial charge in [0.05, 0.1) is 0 Å². The molecule has 0 heterocycles. The molecule has 3 aromatic carbocycles. The van der Waals surface area contributed by atoms with E-state index in [0.717, 1.165) is 6.42 Å². The van der Waals surface area contributed by atoms with Crippen LogP contribution in [0.5, 0.6) is 0 Å². The first kappa shape index (κ1) is 30.3. The Kier molecular flexibility index (Phi) is 16.6. The van der Waals surface area contributed by atoms with Gasteiger partial charge in [0, 0.05) is 0 Å². The van der Waals surface area contributed by atoms with Crippen LogP contribution in [0.4, 0.5) is 0 Å². The van der Waals surface area contributed by atoms with Crippen LogP contribution in [-0.2, 0) is 24.2 Å². The third kappa shape index (κ3) is 11.2. The SMILES string of the molecule is C[Si](C)(C)C1=CC[C-]=C1.Cl.Cl.[CH3-].[Zr]=[CH]c1ccccc1.c1ccc2[cH-]ccc2c1. The van der Waals surface area contributed by atoms with Gasteiger partial charge in [-0.3, -0.25) is 6.08 Å². The number of halogens is 2. The average Bonchev–Trinajstić information content (AvgIpc) is 3.35. The standard InChI is InChI=1S/C9H7.C8H13Si.C7H6.CH3.2ClH.Zr/c1-2-5-9-7-3-6-8(9)4-1;1-9(2,3)8-6-4-5-7-8;1-7-5-3-2-4-6-7;;;;/h1-7H;6-7H,4H2,1-3H3;1-6H;1H3;2*1H;/q2*-1;;-1;;;. The van der Waals surface area contributed by atoms with Crippen LogP contribution in [-0.4, -0.2) is 11.8 Å². The maximum Gasteiger partial charge on any atom is -0.0809 e. The van der Waals surface area contributed by atoms with E-state index in [4.69, 9.17) is 0 Å². The monoisotopic (exact) mass is 519 g/mol. The van der Waals surface area contributed by atoms with Gasteiger partial charge in [0.2, 0.25) is 0 Å². The van der Waals surface area contributed by atoms with Gasteiger partial charge >= 0.3 is 63.8 Å². The second-order valence-corrected chi connectivity index (χ2v) is 13.0. The zero-order valence-electron chi connectivity index (χ0n) is 17.7. The van der Waals surface area contributed by atoms with Crippen LogP contribution < -0.4 is 0 Å². The van der Waals surface area contributed by atoms with E-state index in [1.54, 1.807) is 5.20 Å². The van der Waals surface area contributed by atoms with Gasteiger partial charge in [-0.15, -0.1) is 60.9 Å². The molecule has 0 aliphatic heterocycles. The summed E-state index contributed by atoms with van der Waals surface area (Å²) in [7, 11) is -0.981. The number of fused-ring (bicyclic) bond motifs is 1. The van der Waals surface area contributed by atoms with Crippen molar-refractivity contribution in [3.05, 3.63) is 109 Å². The summed E-state index contributed by atoms with van der Waals surface area (Å²) in [4.78, 5) is 0. The van der Waals surface area contributed by atoms with Gasteiger partial charge in [-0.05, 0) is 8.07 Å². The van der Waals surface area contributed by atoms with Gasteiger partial charge < -0.3 is 7.43 Å². The molecule has 0 amide bonds. The summed E-state index contributed by atoms with van der Waals surface area (Å²) in [5.74, 6) is 0. The summed E-state index contributed by atoms with van der Waals surface area (Å²) < 4.78 is 2.17. The van der Waals surface area contributed by atoms with Crippen LogP contribution in [0.3, 0.4) is 0 Å². The van der Waals surface area contributed by atoms with Crippen molar-refractivity contribution in [2.45, 2.75) is 26.1 Å². The summed E-state index contributed by atoms with van der Waals surface area (Å²) in [5, 5.41) is 4.22. The van der Waals surface area contributed by atoms with Crippen LogP contribution in [0.2, 0.25) is 19.6 Å². The van der Waals surface area contributed by atoms with Crippen molar-refractivity contribution in [1.29, 1.82) is 0 Å². The maximum atomic E-state index is 3.20. The van der Waals surface area contributed by atoms with E-state index in [1.165, 1.54) is 40.6 Å². The number of hydrogen-bond donors (Lipinski definition) is 0. The van der Waals surface area contributed by atoms with Crippen molar-refractivity contribution >= 4 is 47.4 Å². The third-order valence-electron chi connectivity index (χ3n) is 4.08. The minimum absolute atomic E-state index is 0. The zero-order valence-corrected chi connectivity index (χ0v) is 22.8.